The first-order chi connectivity index (χ1) is 8.92. The second kappa shape index (κ2) is 4.98. The molecule has 2 aromatic rings. The second-order valence-corrected chi connectivity index (χ2v) is 5.22. The van der Waals surface area contributed by atoms with Gasteiger partial charge in [0.15, 0.2) is 0 Å². The summed E-state index contributed by atoms with van der Waals surface area (Å²) in [6.07, 6.45) is 0. The summed E-state index contributed by atoms with van der Waals surface area (Å²) in [6.45, 7) is -0.458. The number of nitrogens with one attached hydrogen (secondary N) is 1. The third-order valence-corrected chi connectivity index (χ3v) is 3.47. The van der Waals surface area contributed by atoms with Gasteiger partial charge in [-0.1, -0.05) is 0 Å². The highest BCUT2D eigenvalue weighted by molar-refractivity contribution is 7.92. The van der Waals surface area contributed by atoms with Crippen LogP contribution in [0.25, 0.3) is 0 Å². The van der Waals surface area contributed by atoms with E-state index in [1.807, 2.05) is 4.72 Å². The zero-order valence-electron chi connectivity index (χ0n) is 9.43. The van der Waals surface area contributed by atoms with E-state index in [9.17, 15) is 17.2 Å². The molecule has 102 valence electrons. The summed E-state index contributed by atoms with van der Waals surface area (Å²) < 4.78 is 56.4. The molecule has 1 aromatic carbocycles. The van der Waals surface area contributed by atoms with Crippen molar-refractivity contribution in [3.63, 3.8) is 0 Å². The average molecular weight is 289 g/mol. The van der Waals surface area contributed by atoms with E-state index < -0.39 is 39.0 Å². The normalized spacial score (nSPS) is 11.5. The van der Waals surface area contributed by atoms with E-state index in [1.54, 1.807) is 0 Å². The minimum Gasteiger partial charge on any atom is -0.445 e. The molecular formula is C11H9F2NO4S. The largest absolute Gasteiger partial charge is 0.445 e. The van der Waals surface area contributed by atoms with Crippen LogP contribution in [0.5, 0.6) is 0 Å². The Morgan fingerprint density at radius 3 is 2.53 bits per heavy atom. The van der Waals surface area contributed by atoms with E-state index in [0.29, 0.717) is 6.07 Å². The van der Waals surface area contributed by atoms with Crippen molar-refractivity contribution in [1.82, 2.24) is 0 Å². The maximum absolute atomic E-state index is 13.3. The molecule has 0 radical (unpaired) electrons. The smallest absolute Gasteiger partial charge is 0.295 e. The van der Waals surface area contributed by atoms with Crippen LogP contribution in [0.4, 0.5) is 14.5 Å². The first-order valence-electron chi connectivity index (χ1n) is 5.10. The lowest BCUT2D eigenvalue weighted by Gasteiger charge is -2.06. The summed E-state index contributed by atoms with van der Waals surface area (Å²) >= 11 is 0. The second-order valence-electron chi connectivity index (χ2n) is 3.61. The van der Waals surface area contributed by atoms with Crippen LogP contribution in [0.3, 0.4) is 0 Å². The van der Waals surface area contributed by atoms with Gasteiger partial charge in [-0.2, -0.15) is 8.42 Å². The van der Waals surface area contributed by atoms with Gasteiger partial charge >= 0.3 is 0 Å². The van der Waals surface area contributed by atoms with Crippen molar-refractivity contribution in [2.24, 2.45) is 0 Å². The van der Waals surface area contributed by atoms with E-state index in [0.717, 1.165) is 18.2 Å². The predicted octanol–water partition coefficient (Wildman–Crippen LogP) is 1.85. The van der Waals surface area contributed by atoms with Crippen LogP contribution in [0.1, 0.15) is 5.76 Å². The quantitative estimate of drug-likeness (QED) is 0.900. The fourth-order valence-electron chi connectivity index (χ4n) is 1.35. The third-order valence-electron chi connectivity index (χ3n) is 2.23. The summed E-state index contributed by atoms with van der Waals surface area (Å²) in [5, 5.41) is 8.30. The summed E-state index contributed by atoms with van der Waals surface area (Å²) in [5.41, 5.74) is -0.400. The molecule has 1 aromatic heterocycles. The number of anilines is 1. The highest BCUT2D eigenvalue weighted by Gasteiger charge is 2.20. The molecule has 5 nitrogen and oxygen atoms in total. The highest BCUT2D eigenvalue weighted by atomic mass is 32.2. The van der Waals surface area contributed by atoms with Gasteiger partial charge in [-0.3, -0.25) is 4.72 Å². The summed E-state index contributed by atoms with van der Waals surface area (Å²) in [5.74, 6) is -1.81. The van der Waals surface area contributed by atoms with Crippen molar-refractivity contribution in [1.29, 1.82) is 0 Å². The predicted molar refractivity (Wildman–Crippen MR) is 61.8 cm³/mol. The van der Waals surface area contributed by atoms with Crippen molar-refractivity contribution in [3.8, 4) is 0 Å². The molecule has 2 N–H and O–H groups in total. The average Bonchev–Trinajstić information content (AvgIpc) is 2.82. The molecular weight excluding hydrogens is 280 g/mol. The van der Waals surface area contributed by atoms with Crippen LogP contribution >= 0.6 is 0 Å². The van der Waals surface area contributed by atoms with Crippen molar-refractivity contribution in [2.75, 3.05) is 4.72 Å². The summed E-state index contributed by atoms with van der Waals surface area (Å²) in [7, 11) is -4.13. The van der Waals surface area contributed by atoms with Gasteiger partial charge in [0.05, 0.1) is 5.69 Å². The lowest BCUT2D eigenvalue weighted by molar-refractivity contribution is 0.236. The Hall–Kier alpha value is -1.93. The molecule has 0 spiro atoms. The van der Waals surface area contributed by atoms with Crippen LogP contribution in [-0.2, 0) is 16.6 Å². The highest BCUT2D eigenvalue weighted by Crippen LogP contribution is 2.21. The van der Waals surface area contributed by atoms with E-state index in [2.05, 4.69) is 0 Å². The minimum absolute atomic E-state index is 0.0555. The number of hydrogen-bond acceptors (Lipinski definition) is 4. The Morgan fingerprint density at radius 2 is 1.95 bits per heavy atom. The molecule has 0 fully saturated rings. The molecule has 1 heterocycles. The summed E-state index contributed by atoms with van der Waals surface area (Å²) in [4.78, 5) is 0. The van der Waals surface area contributed by atoms with Gasteiger partial charge in [-0.05, 0) is 24.3 Å². The van der Waals surface area contributed by atoms with Gasteiger partial charge in [-0.25, -0.2) is 8.78 Å². The fraction of sp³-hybridized carbons (Fsp3) is 0.0909. The number of aliphatic hydroxyl groups is 1. The van der Waals surface area contributed by atoms with Gasteiger partial charge in [-0.15, -0.1) is 0 Å². The number of sulfonamides is 1. The van der Waals surface area contributed by atoms with Crippen molar-refractivity contribution < 1.29 is 26.7 Å². The van der Waals surface area contributed by atoms with Gasteiger partial charge in [0.1, 0.15) is 24.0 Å². The van der Waals surface area contributed by atoms with Crippen molar-refractivity contribution in [3.05, 3.63) is 47.7 Å². The van der Waals surface area contributed by atoms with Gasteiger partial charge in [0.25, 0.3) is 10.0 Å². The van der Waals surface area contributed by atoms with E-state index in [4.69, 9.17) is 9.52 Å². The molecule has 0 amide bonds. The number of halogens is 2. The molecule has 8 heteroatoms. The van der Waals surface area contributed by atoms with E-state index in [-0.39, 0.29) is 5.76 Å². The lowest BCUT2D eigenvalue weighted by Crippen LogP contribution is -2.13. The lowest BCUT2D eigenvalue weighted by atomic mass is 10.3. The third kappa shape index (κ3) is 2.91. The minimum atomic E-state index is -4.13. The van der Waals surface area contributed by atoms with Gasteiger partial charge in [0.2, 0.25) is 5.09 Å². The SMILES string of the molecule is O=S(=O)(Nc1ccc(F)cc1F)c1ccc(CO)o1. The molecule has 0 unspecified atom stereocenters. The Morgan fingerprint density at radius 1 is 1.21 bits per heavy atom. The molecule has 0 aliphatic heterocycles. The Labute approximate surface area is 107 Å². The Balaban J connectivity index is 2.30. The Bertz CT molecular complexity index is 696. The zero-order valence-corrected chi connectivity index (χ0v) is 10.2. The van der Waals surface area contributed by atoms with Crippen LogP contribution in [0.15, 0.2) is 39.8 Å². The standard InChI is InChI=1S/C11H9F2NO4S/c12-7-1-3-10(9(13)5-7)14-19(16,17)11-4-2-8(6-15)18-11/h1-5,14-15H,6H2. The number of furan rings is 1. The van der Waals surface area contributed by atoms with Crippen LogP contribution in [0.2, 0.25) is 0 Å². The molecule has 0 saturated heterocycles. The first-order valence-corrected chi connectivity index (χ1v) is 6.58. The molecule has 0 aliphatic carbocycles. The van der Waals surface area contributed by atoms with Gasteiger partial charge < -0.3 is 9.52 Å². The summed E-state index contributed by atoms with van der Waals surface area (Å²) in [6, 6.07) is 4.82. The van der Waals surface area contributed by atoms with Gasteiger partial charge in [0, 0.05) is 6.07 Å². The van der Waals surface area contributed by atoms with Crippen LogP contribution in [0, 0.1) is 11.6 Å². The van der Waals surface area contributed by atoms with Crippen molar-refractivity contribution >= 4 is 15.7 Å². The number of benzene rings is 1. The number of rotatable bonds is 4. The number of aliphatic hydroxyl groups excluding tert-OH is 1. The van der Waals surface area contributed by atoms with E-state index >= 15 is 0 Å². The zero-order chi connectivity index (χ0) is 14.0. The molecule has 2 rings (SSSR count). The topological polar surface area (TPSA) is 79.5 Å². The van der Waals surface area contributed by atoms with E-state index in [1.165, 1.54) is 6.07 Å². The fourth-order valence-corrected chi connectivity index (χ4v) is 2.37. The van der Waals surface area contributed by atoms with Crippen LogP contribution in [-0.4, -0.2) is 13.5 Å². The number of hydrogen-bond donors (Lipinski definition) is 2. The molecule has 0 bridgehead atoms. The monoisotopic (exact) mass is 289 g/mol. The molecule has 0 atom stereocenters. The molecule has 0 aliphatic rings. The first kappa shape index (κ1) is 13.5. The maximum Gasteiger partial charge on any atom is 0.295 e. The Kier molecular flexibility index (Phi) is 3.54. The van der Waals surface area contributed by atoms with Crippen molar-refractivity contribution in [2.45, 2.75) is 11.7 Å². The van der Waals surface area contributed by atoms with Crippen LogP contribution < -0.4 is 4.72 Å². The molecule has 0 saturated carbocycles. The molecule has 19 heavy (non-hydrogen) atoms. The maximum atomic E-state index is 13.3.